The SMILES string of the molecule is CC(C)(c1[c-]c(-n2cncn2)ccc1)c1[c-]c(-n2cncn2)ccc1.[Pt+2]. The van der Waals surface area contributed by atoms with E-state index in [1.165, 1.54) is 12.7 Å². The van der Waals surface area contributed by atoms with Crippen LogP contribution in [0.25, 0.3) is 11.4 Å². The average Bonchev–Trinajstić information content (AvgIpc) is 3.36. The van der Waals surface area contributed by atoms with Gasteiger partial charge < -0.3 is 0 Å². The number of nitrogens with zero attached hydrogens (tertiary/aromatic N) is 6. The van der Waals surface area contributed by atoms with Gasteiger partial charge in [0.25, 0.3) is 0 Å². The third-order valence-corrected chi connectivity index (χ3v) is 4.24. The van der Waals surface area contributed by atoms with Crippen molar-refractivity contribution in [2.24, 2.45) is 0 Å². The molecule has 0 saturated carbocycles. The van der Waals surface area contributed by atoms with E-state index in [1.807, 2.05) is 24.3 Å². The third-order valence-electron chi connectivity index (χ3n) is 4.24. The van der Waals surface area contributed by atoms with E-state index in [2.05, 4.69) is 58.3 Å². The molecular weight excluding hydrogens is 507 g/mol. The van der Waals surface area contributed by atoms with Crippen LogP contribution in [0.1, 0.15) is 25.0 Å². The zero-order valence-corrected chi connectivity index (χ0v) is 16.5. The summed E-state index contributed by atoms with van der Waals surface area (Å²) < 4.78 is 3.41. The van der Waals surface area contributed by atoms with Gasteiger partial charge in [0.15, 0.2) is 0 Å². The van der Waals surface area contributed by atoms with Crippen molar-refractivity contribution < 1.29 is 21.1 Å². The van der Waals surface area contributed by atoms with E-state index in [4.69, 9.17) is 0 Å². The van der Waals surface area contributed by atoms with Gasteiger partial charge in [-0.3, -0.25) is 0 Å². The van der Waals surface area contributed by atoms with Crippen LogP contribution in [0.3, 0.4) is 0 Å². The van der Waals surface area contributed by atoms with Gasteiger partial charge in [-0.15, -0.1) is 12.1 Å². The van der Waals surface area contributed by atoms with E-state index in [1.54, 1.807) is 22.0 Å². The number of hydrogen-bond donors (Lipinski definition) is 0. The molecule has 2 aromatic carbocycles. The van der Waals surface area contributed by atoms with E-state index in [0.29, 0.717) is 0 Å². The molecule has 0 unspecified atom stereocenters. The molecule has 0 aliphatic heterocycles. The van der Waals surface area contributed by atoms with E-state index >= 15 is 0 Å². The zero-order valence-electron chi connectivity index (χ0n) is 14.3. The van der Waals surface area contributed by atoms with Gasteiger partial charge in [0.2, 0.25) is 0 Å². The number of rotatable bonds is 4. The fourth-order valence-electron chi connectivity index (χ4n) is 2.72. The topological polar surface area (TPSA) is 61.4 Å². The summed E-state index contributed by atoms with van der Waals surface area (Å²) in [5, 5.41) is 8.36. The van der Waals surface area contributed by atoms with Crippen LogP contribution >= 0.6 is 0 Å². The van der Waals surface area contributed by atoms with E-state index < -0.39 is 0 Å². The molecule has 4 rings (SSSR count). The first-order valence-electron chi connectivity index (χ1n) is 7.90. The van der Waals surface area contributed by atoms with Crippen LogP contribution in [0.5, 0.6) is 0 Å². The summed E-state index contributed by atoms with van der Waals surface area (Å²) in [7, 11) is 0. The number of benzene rings is 2. The smallest absolute Gasteiger partial charge is 0.246 e. The second kappa shape index (κ2) is 7.34. The Balaban J connectivity index is 0.00000196. The molecule has 0 saturated heterocycles. The molecule has 7 heteroatoms. The monoisotopic (exact) mass is 523 g/mol. The van der Waals surface area contributed by atoms with Gasteiger partial charge in [-0.2, -0.15) is 57.7 Å². The second-order valence-corrected chi connectivity index (χ2v) is 6.20. The number of aromatic nitrogens is 6. The molecule has 0 radical (unpaired) electrons. The van der Waals surface area contributed by atoms with Crippen molar-refractivity contribution in [3.8, 4) is 11.4 Å². The molecule has 2 heterocycles. The predicted octanol–water partition coefficient (Wildman–Crippen LogP) is 2.77. The minimum Gasteiger partial charge on any atom is -0.246 e. The average molecular weight is 523 g/mol. The van der Waals surface area contributed by atoms with Crippen molar-refractivity contribution in [2.45, 2.75) is 19.3 Å². The third kappa shape index (κ3) is 3.37. The minimum atomic E-state index is -0.285. The molecule has 0 bridgehead atoms. The summed E-state index contributed by atoms with van der Waals surface area (Å²) in [6, 6.07) is 19.0. The summed E-state index contributed by atoms with van der Waals surface area (Å²) in [6.45, 7) is 4.31. The number of hydrogen-bond acceptors (Lipinski definition) is 4. The molecule has 0 amide bonds. The quantitative estimate of drug-likeness (QED) is 0.386. The summed E-state index contributed by atoms with van der Waals surface area (Å²) >= 11 is 0. The van der Waals surface area contributed by atoms with Gasteiger partial charge in [-0.1, -0.05) is 13.8 Å². The molecular formula is C19H16N6Pt. The summed E-state index contributed by atoms with van der Waals surface area (Å²) in [5.41, 5.74) is 3.53. The normalized spacial score (nSPS) is 11.2. The molecule has 0 N–H and O–H groups in total. The van der Waals surface area contributed by atoms with Crippen molar-refractivity contribution in [3.05, 3.63) is 85.0 Å². The van der Waals surface area contributed by atoms with Crippen LogP contribution in [-0.4, -0.2) is 29.5 Å². The van der Waals surface area contributed by atoms with Gasteiger partial charge in [0.1, 0.15) is 25.3 Å². The standard InChI is InChI=1S/C19H16N6.Pt/c1-19(2,15-5-3-7-17(9-15)24-13-20-11-22-24)16-6-4-8-18(10-16)25-14-21-12-23-25;/h3-8,11-14H,1-2H3;/q-2;+2. The van der Waals surface area contributed by atoms with Crippen molar-refractivity contribution in [1.82, 2.24) is 29.5 Å². The largest absolute Gasteiger partial charge is 2.00 e. The van der Waals surface area contributed by atoms with Crippen LogP contribution in [-0.2, 0) is 26.5 Å². The molecule has 0 atom stereocenters. The van der Waals surface area contributed by atoms with E-state index in [0.717, 1.165) is 22.5 Å². The van der Waals surface area contributed by atoms with Gasteiger partial charge in [0, 0.05) is 0 Å². The Morgan fingerprint density at radius 1 is 0.769 bits per heavy atom. The Bertz CT molecular complexity index is 897. The summed E-state index contributed by atoms with van der Waals surface area (Å²) in [5.74, 6) is 0. The Morgan fingerprint density at radius 2 is 1.23 bits per heavy atom. The fourth-order valence-corrected chi connectivity index (χ4v) is 2.72. The van der Waals surface area contributed by atoms with Crippen LogP contribution in [0, 0.1) is 12.1 Å². The molecule has 132 valence electrons. The molecule has 0 aliphatic rings. The Hall–Kier alpha value is -2.59. The summed E-state index contributed by atoms with van der Waals surface area (Å²) in [6.07, 6.45) is 6.36. The van der Waals surface area contributed by atoms with Crippen LogP contribution in [0.4, 0.5) is 0 Å². The first-order valence-corrected chi connectivity index (χ1v) is 7.90. The predicted molar refractivity (Wildman–Crippen MR) is 92.5 cm³/mol. The molecule has 0 spiro atoms. The maximum atomic E-state index is 4.18. The van der Waals surface area contributed by atoms with Crippen molar-refractivity contribution in [3.63, 3.8) is 0 Å². The molecule has 4 aromatic rings. The zero-order chi connectivity index (χ0) is 17.3. The molecule has 26 heavy (non-hydrogen) atoms. The van der Waals surface area contributed by atoms with Crippen LogP contribution in [0.2, 0.25) is 0 Å². The Labute approximate surface area is 166 Å². The maximum absolute atomic E-state index is 4.18. The van der Waals surface area contributed by atoms with Crippen molar-refractivity contribution in [1.29, 1.82) is 0 Å². The maximum Gasteiger partial charge on any atom is 2.00 e. The van der Waals surface area contributed by atoms with Gasteiger partial charge in [0.05, 0.1) is 0 Å². The molecule has 0 fully saturated rings. The molecule has 2 aromatic heterocycles. The van der Waals surface area contributed by atoms with E-state index in [9.17, 15) is 0 Å². The fraction of sp³-hybridized carbons (Fsp3) is 0.158. The Morgan fingerprint density at radius 3 is 1.62 bits per heavy atom. The Kier molecular flexibility index (Phi) is 5.14. The van der Waals surface area contributed by atoms with Gasteiger partial charge >= 0.3 is 21.1 Å². The first kappa shape index (κ1) is 18.2. The van der Waals surface area contributed by atoms with Gasteiger partial charge in [-0.05, 0) is 16.8 Å². The first-order chi connectivity index (χ1) is 12.1. The van der Waals surface area contributed by atoms with E-state index in [-0.39, 0.29) is 26.5 Å². The van der Waals surface area contributed by atoms with Crippen molar-refractivity contribution in [2.75, 3.05) is 0 Å². The van der Waals surface area contributed by atoms with Crippen molar-refractivity contribution >= 4 is 0 Å². The van der Waals surface area contributed by atoms with Gasteiger partial charge in [-0.25, -0.2) is 19.3 Å². The molecule has 0 aliphatic carbocycles. The molecule has 6 nitrogen and oxygen atoms in total. The summed E-state index contributed by atoms with van der Waals surface area (Å²) in [4.78, 5) is 8.00. The van der Waals surface area contributed by atoms with Crippen LogP contribution < -0.4 is 0 Å². The van der Waals surface area contributed by atoms with Crippen LogP contribution in [0.15, 0.2) is 61.7 Å². The minimum absolute atomic E-state index is 0. The second-order valence-electron chi connectivity index (χ2n) is 6.20.